The van der Waals surface area contributed by atoms with Gasteiger partial charge in [0.15, 0.2) is 6.10 Å². The summed E-state index contributed by atoms with van der Waals surface area (Å²) >= 11 is 0. The third-order valence-corrected chi connectivity index (χ3v) is 3.89. The molecular weight excluding hydrogens is 318 g/mol. The van der Waals surface area contributed by atoms with Crippen LogP contribution >= 0.6 is 0 Å². The summed E-state index contributed by atoms with van der Waals surface area (Å²) in [5, 5.41) is 2.77. The molecule has 0 spiro atoms. The van der Waals surface area contributed by atoms with E-state index in [0.717, 1.165) is 16.6 Å². The molecule has 3 aromatic rings. The van der Waals surface area contributed by atoms with Gasteiger partial charge in [-0.3, -0.25) is 4.79 Å². The van der Waals surface area contributed by atoms with Crippen LogP contribution in [0.5, 0.6) is 0 Å². The number of fused-ring (bicyclic) bond motifs is 1. The Morgan fingerprint density at radius 1 is 1.20 bits per heavy atom. The number of amides is 1. The number of nitrogens with zero attached hydrogens (tertiary/aromatic N) is 1. The number of H-pyrrole nitrogens is 1. The van der Waals surface area contributed by atoms with Crippen LogP contribution in [0.3, 0.4) is 0 Å². The number of esters is 1. The van der Waals surface area contributed by atoms with Crippen LogP contribution in [0.2, 0.25) is 0 Å². The van der Waals surface area contributed by atoms with Crippen LogP contribution in [-0.4, -0.2) is 27.9 Å². The summed E-state index contributed by atoms with van der Waals surface area (Å²) in [6.45, 7) is 3.77. The highest BCUT2D eigenvalue weighted by Gasteiger charge is 2.22. The lowest BCUT2D eigenvalue weighted by Crippen LogP contribution is -2.32. The molecule has 2 N–H and O–H groups in total. The molecule has 1 atom stereocenters. The van der Waals surface area contributed by atoms with Crippen LogP contribution in [0.1, 0.15) is 29.3 Å². The summed E-state index contributed by atoms with van der Waals surface area (Å²) in [6, 6.07) is 12.5. The summed E-state index contributed by atoms with van der Waals surface area (Å²) in [4.78, 5) is 31.8. The Bertz CT molecular complexity index is 900. The van der Waals surface area contributed by atoms with E-state index in [-0.39, 0.29) is 5.91 Å². The quantitative estimate of drug-likeness (QED) is 0.699. The lowest BCUT2D eigenvalue weighted by atomic mass is 10.2. The number of nitrogens with one attached hydrogen (secondary N) is 2. The van der Waals surface area contributed by atoms with Gasteiger partial charge in [0.1, 0.15) is 0 Å². The molecule has 0 saturated heterocycles. The molecular formula is C19H19N3O3. The minimum Gasteiger partial charge on any atom is -0.449 e. The van der Waals surface area contributed by atoms with Gasteiger partial charge >= 0.3 is 5.97 Å². The zero-order chi connectivity index (χ0) is 17.8. The first-order valence-electron chi connectivity index (χ1n) is 8.08. The van der Waals surface area contributed by atoms with Gasteiger partial charge in [-0.25, -0.2) is 9.78 Å². The number of aryl methyl sites for hydroxylation is 1. The van der Waals surface area contributed by atoms with Gasteiger partial charge in [-0.1, -0.05) is 24.6 Å². The van der Waals surface area contributed by atoms with Crippen molar-refractivity contribution in [2.45, 2.75) is 26.4 Å². The highest BCUT2D eigenvalue weighted by molar-refractivity contribution is 5.98. The van der Waals surface area contributed by atoms with E-state index in [9.17, 15) is 9.59 Å². The summed E-state index contributed by atoms with van der Waals surface area (Å²) in [7, 11) is 0. The molecule has 0 aliphatic rings. The van der Waals surface area contributed by atoms with Gasteiger partial charge in [0.05, 0.1) is 22.9 Å². The fraction of sp³-hybridized carbons (Fsp3) is 0.211. The molecule has 25 heavy (non-hydrogen) atoms. The average Bonchev–Trinajstić information content (AvgIpc) is 3.09. The standard InChI is InChI=1S/C19H19N3O3/c1-3-17(18(23)22-14-7-4-12(2)5-8-14)25-19(24)13-6-9-15-16(10-13)21-11-20-15/h4-11,17H,3H2,1-2H3,(H,20,21)(H,22,23). The monoisotopic (exact) mass is 337 g/mol. The largest absolute Gasteiger partial charge is 0.449 e. The second kappa shape index (κ2) is 7.17. The zero-order valence-electron chi connectivity index (χ0n) is 14.1. The zero-order valence-corrected chi connectivity index (χ0v) is 14.1. The van der Waals surface area contributed by atoms with Crippen molar-refractivity contribution in [1.82, 2.24) is 9.97 Å². The second-order valence-corrected chi connectivity index (χ2v) is 5.79. The number of aromatic amines is 1. The number of ether oxygens (including phenoxy) is 1. The van der Waals surface area contributed by atoms with E-state index in [4.69, 9.17) is 4.74 Å². The maximum absolute atomic E-state index is 12.4. The number of imidazole rings is 1. The number of aromatic nitrogens is 2. The molecule has 1 heterocycles. The third kappa shape index (κ3) is 3.85. The number of carbonyl (C=O) groups is 2. The van der Waals surface area contributed by atoms with Gasteiger partial charge < -0.3 is 15.0 Å². The Balaban J connectivity index is 1.68. The Morgan fingerprint density at radius 3 is 2.68 bits per heavy atom. The van der Waals surface area contributed by atoms with E-state index in [1.165, 1.54) is 0 Å². The Kier molecular flexibility index (Phi) is 4.79. The normalized spacial score (nSPS) is 11.9. The van der Waals surface area contributed by atoms with E-state index < -0.39 is 12.1 Å². The van der Waals surface area contributed by atoms with Crippen LogP contribution in [0, 0.1) is 6.92 Å². The van der Waals surface area contributed by atoms with Gasteiger partial charge in [-0.2, -0.15) is 0 Å². The lowest BCUT2D eigenvalue weighted by Gasteiger charge is -2.16. The fourth-order valence-electron chi connectivity index (χ4n) is 2.44. The van der Waals surface area contributed by atoms with Gasteiger partial charge in [0.2, 0.25) is 0 Å². The van der Waals surface area contributed by atoms with E-state index in [2.05, 4.69) is 15.3 Å². The fourth-order valence-corrected chi connectivity index (χ4v) is 2.44. The van der Waals surface area contributed by atoms with Gasteiger partial charge in [0.25, 0.3) is 5.91 Å². The second-order valence-electron chi connectivity index (χ2n) is 5.79. The first-order valence-corrected chi connectivity index (χ1v) is 8.08. The maximum Gasteiger partial charge on any atom is 0.338 e. The van der Waals surface area contributed by atoms with Crippen molar-refractivity contribution in [3.8, 4) is 0 Å². The van der Waals surface area contributed by atoms with Crippen LogP contribution in [0.15, 0.2) is 48.8 Å². The third-order valence-electron chi connectivity index (χ3n) is 3.89. The van der Waals surface area contributed by atoms with Crippen LogP contribution in [0.4, 0.5) is 5.69 Å². The van der Waals surface area contributed by atoms with Crippen molar-refractivity contribution in [3.05, 3.63) is 59.9 Å². The number of anilines is 1. The minimum absolute atomic E-state index is 0.345. The van der Waals surface area contributed by atoms with E-state index in [0.29, 0.717) is 17.7 Å². The Labute approximate surface area is 145 Å². The van der Waals surface area contributed by atoms with Crippen molar-refractivity contribution in [2.24, 2.45) is 0 Å². The van der Waals surface area contributed by atoms with Gasteiger partial charge in [0, 0.05) is 5.69 Å². The Morgan fingerprint density at radius 2 is 1.96 bits per heavy atom. The van der Waals surface area contributed by atoms with Crippen LogP contribution < -0.4 is 5.32 Å². The number of benzene rings is 2. The van der Waals surface area contributed by atoms with Crippen molar-refractivity contribution >= 4 is 28.6 Å². The minimum atomic E-state index is -0.855. The number of hydrogen-bond acceptors (Lipinski definition) is 4. The van der Waals surface area contributed by atoms with Gasteiger partial charge in [-0.15, -0.1) is 0 Å². The number of hydrogen-bond donors (Lipinski definition) is 2. The van der Waals surface area contributed by atoms with E-state index in [1.807, 2.05) is 31.2 Å². The van der Waals surface area contributed by atoms with Gasteiger partial charge in [-0.05, 0) is 43.7 Å². The molecule has 0 fully saturated rings. The molecule has 6 heteroatoms. The molecule has 6 nitrogen and oxygen atoms in total. The smallest absolute Gasteiger partial charge is 0.338 e. The lowest BCUT2D eigenvalue weighted by molar-refractivity contribution is -0.124. The number of carbonyl (C=O) groups excluding carboxylic acids is 2. The molecule has 128 valence electrons. The highest BCUT2D eigenvalue weighted by atomic mass is 16.5. The summed E-state index contributed by atoms with van der Waals surface area (Å²) in [5.41, 5.74) is 3.65. The molecule has 1 aromatic heterocycles. The first kappa shape index (κ1) is 16.7. The van der Waals surface area contributed by atoms with Crippen molar-refractivity contribution in [3.63, 3.8) is 0 Å². The first-order chi connectivity index (χ1) is 12.1. The average molecular weight is 337 g/mol. The predicted octanol–water partition coefficient (Wildman–Crippen LogP) is 3.45. The molecule has 0 radical (unpaired) electrons. The molecule has 3 rings (SSSR count). The molecule has 0 aliphatic heterocycles. The van der Waals surface area contributed by atoms with Crippen molar-refractivity contribution < 1.29 is 14.3 Å². The summed E-state index contributed by atoms with van der Waals surface area (Å²) in [5.74, 6) is -0.885. The molecule has 1 unspecified atom stereocenters. The SMILES string of the molecule is CCC(OC(=O)c1ccc2nc[nH]c2c1)C(=O)Nc1ccc(C)cc1. The molecule has 2 aromatic carbocycles. The molecule has 0 aliphatic carbocycles. The Hall–Kier alpha value is -3.15. The topological polar surface area (TPSA) is 84.1 Å². The van der Waals surface area contributed by atoms with Crippen molar-refractivity contribution in [1.29, 1.82) is 0 Å². The van der Waals surface area contributed by atoms with Crippen molar-refractivity contribution in [2.75, 3.05) is 5.32 Å². The van der Waals surface area contributed by atoms with Crippen LogP contribution in [0.25, 0.3) is 11.0 Å². The van der Waals surface area contributed by atoms with E-state index in [1.54, 1.807) is 31.5 Å². The highest BCUT2D eigenvalue weighted by Crippen LogP contribution is 2.15. The molecule has 0 saturated carbocycles. The maximum atomic E-state index is 12.4. The van der Waals surface area contributed by atoms with E-state index >= 15 is 0 Å². The summed E-state index contributed by atoms with van der Waals surface area (Å²) in [6.07, 6.45) is 1.09. The molecule has 0 bridgehead atoms. The molecule has 1 amide bonds. The number of rotatable bonds is 5. The predicted molar refractivity (Wildman–Crippen MR) is 95.4 cm³/mol. The van der Waals surface area contributed by atoms with Crippen LogP contribution in [-0.2, 0) is 9.53 Å². The summed E-state index contributed by atoms with van der Waals surface area (Å²) < 4.78 is 5.38.